The van der Waals surface area contributed by atoms with Crippen molar-refractivity contribution in [2.75, 3.05) is 19.5 Å². The van der Waals surface area contributed by atoms with Crippen LogP contribution in [0, 0.1) is 9.49 Å². The van der Waals surface area contributed by atoms with Crippen LogP contribution in [0.1, 0.15) is 39.2 Å². The van der Waals surface area contributed by atoms with Crippen LogP contribution in [0.4, 0.5) is 0 Å². The normalized spacial score (nSPS) is 20.4. The fraction of sp³-hybridized carbons (Fsp3) is 0.524. The van der Waals surface area contributed by atoms with Crippen molar-refractivity contribution >= 4 is 38.5 Å². The van der Waals surface area contributed by atoms with Crippen LogP contribution in [0.25, 0.3) is 6.08 Å². The van der Waals surface area contributed by atoms with Crippen LogP contribution < -0.4 is 4.74 Å². The van der Waals surface area contributed by atoms with Gasteiger partial charge in [-0.1, -0.05) is 25.5 Å². The molecule has 1 heterocycles. The van der Waals surface area contributed by atoms with Crippen LogP contribution in [-0.4, -0.2) is 54.6 Å². The van der Waals surface area contributed by atoms with Crippen molar-refractivity contribution in [3.63, 3.8) is 0 Å². The second kappa shape index (κ2) is 9.80. The highest BCUT2D eigenvalue weighted by molar-refractivity contribution is 14.1. The number of hydrogen-bond donors (Lipinski definition) is 3. The van der Waals surface area contributed by atoms with Gasteiger partial charge in [0.15, 0.2) is 21.3 Å². The molecule has 0 saturated carbocycles. The quantitative estimate of drug-likeness (QED) is 0.348. The highest BCUT2D eigenvalue weighted by Crippen LogP contribution is 2.36. The van der Waals surface area contributed by atoms with E-state index in [0.29, 0.717) is 27.7 Å². The Morgan fingerprint density at radius 3 is 2.59 bits per heavy atom. The summed E-state index contributed by atoms with van der Waals surface area (Å²) in [4.78, 5) is 0. The minimum absolute atomic E-state index is 0.00542. The number of ether oxygens (including phenoxy) is 1. The number of hydrogen-bond acceptors (Lipinski definition) is 6. The second-order valence-corrected chi connectivity index (χ2v) is 11.1. The van der Waals surface area contributed by atoms with E-state index in [0.717, 1.165) is 16.7 Å². The van der Waals surface area contributed by atoms with Crippen LogP contribution in [-0.2, 0) is 9.84 Å². The van der Waals surface area contributed by atoms with Gasteiger partial charge in [-0.05, 0) is 77.1 Å². The lowest BCUT2D eigenvalue weighted by atomic mass is 9.90. The van der Waals surface area contributed by atoms with Crippen molar-refractivity contribution in [1.29, 1.82) is 0 Å². The van der Waals surface area contributed by atoms with Crippen molar-refractivity contribution in [3.8, 4) is 11.5 Å². The monoisotopic (exact) mass is 536 g/mol. The Morgan fingerprint density at radius 1 is 1.38 bits per heavy atom. The largest absolute Gasteiger partial charge is 0.504 e. The molecule has 1 aliphatic heterocycles. The average Bonchev–Trinajstić information content (AvgIpc) is 2.93. The molecule has 2 rings (SSSR count). The molecule has 162 valence electrons. The van der Waals surface area contributed by atoms with Gasteiger partial charge in [-0.2, -0.15) is 0 Å². The summed E-state index contributed by atoms with van der Waals surface area (Å²) in [6.45, 7) is 5.24. The maximum Gasteiger partial charge on any atom is 0.171 e. The topological polar surface area (TPSA) is 104 Å². The molecule has 1 aromatic carbocycles. The molecule has 1 aromatic rings. The van der Waals surface area contributed by atoms with Gasteiger partial charge in [0.2, 0.25) is 0 Å². The fourth-order valence-corrected chi connectivity index (χ4v) is 6.33. The third kappa shape index (κ3) is 5.53. The zero-order valence-electron chi connectivity index (χ0n) is 17.1. The molecule has 8 heteroatoms. The molecule has 0 aliphatic carbocycles. The number of phenolic OH excluding ortho intramolecular Hbond substituents is 1. The first-order chi connectivity index (χ1) is 13.5. The first-order valence-electron chi connectivity index (χ1n) is 9.48. The van der Waals surface area contributed by atoms with E-state index in [2.05, 4.69) is 0 Å². The number of aliphatic hydroxyl groups is 2. The number of methoxy groups -OCH3 is 1. The maximum absolute atomic E-state index is 12.4. The molecule has 0 fully saturated rings. The van der Waals surface area contributed by atoms with E-state index in [1.165, 1.54) is 7.11 Å². The van der Waals surface area contributed by atoms with E-state index in [9.17, 15) is 23.7 Å². The first kappa shape index (κ1) is 24.2. The highest BCUT2D eigenvalue weighted by atomic mass is 127. The zero-order chi connectivity index (χ0) is 21.9. The number of halogens is 1. The Balaban J connectivity index is 2.19. The summed E-state index contributed by atoms with van der Waals surface area (Å²) in [7, 11) is -1.97. The molecule has 1 aliphatic rings. The van der Waals surface area contributed by atoms with Crippen molar-refractivity contribution in [2.24, 2.45) is 5.92 Å². The summed E-state index contributed by atoms with van der Waals surface area (Å²) in [5.41, 5.74) is 3.06. The smallest absolute Gasteiger partial charge is 0.171 e. The Labute approximate surface area is 186 Å². The lowest BCUT2D eigenvalue weighted by molar-refractivity contribution is 0.188. The molecule has 3 N–H and O–H groups in total. The van der Waals surface area contributed by atoms with Crippen LogP contribution in [0.2, 0.25) is 0 Å². The average molecular weight is 536 g/mol. The van der Waals surface area contributed by atoms with Crippen molar-refractivity contribution in [3.05, 3.63) is 38.0 Å². The van der Waals surface area contributed by atoms with Crippen LogP contribution in [0.5, 0.6) is 11.5 Å². The van der Waals surface area contributed by atoms with Gasteiger partial charge < -0.3 is 20.1 Å². The molecule has 29 heavy (non-hydrogen) atoms. The molecule has 0 unspecified atom stereocenters. The zero-order valence-corrected chi connectivity index (χ0v) is 20.1. The number of aliphatic hydroxyl groups excluding tert-OH is 2. The Hall–Kier alpha value is -1.10. The summed E-state index contributed by atoms with van der Waals surface area (Å²) in [6, 6.07) is 3.57. The van der Waals surface area contributed by atoms with Crippen LogP contribution in [0.15, 0.2) is 28.9 Å². The maximum atomic E-state index is 12.4. The van der Waals surface area contributed by atoms with E-state index in [1.807, 2.05) is 55.5 Å². The Bertz CT molecular complexity index is 917. The van der Waals surface area contributed by atoms with Gasteiger partial charge in [-0.3, -0.25) is 0 Å². The molecule has 0 radical (unpaired) electrons. The van der Waals surface area contributed by atoms with Gasteiger partial charge in [-0.25, -0.2) is 8.42 Å². The minimum Gasteiger partial charge on any atom is -0.504 e. The third-order valence-electron chi connectivity index (χ3n) is 5.23. The lowest BCUT2D eigenvalue weighted by Crippen LogP contribution is -2.29. The molecular formula is C21H29IO6S. The van der Waals surface area contributed by atoms with Crippen molar-refractivity contribution in [2.45, 2.75) is 45.0 Å². The predicted octanol–water partition coefficient (Wildman–Crippen LogP) is 3.29. The second-order valence-electron chi connectivity index (χ2n) is 7.71. The molecule has 0 aromatic heterocycles. The number of sulfone groups is 1. The number of phenols is 1. The number of rotatable bonds is 8. The van der Waals surface area contributed by atoms with E-state index < -0.39 is 27.8 Å². The van der Waals surface area contributed by atoms with E-state index >= 15 is 0 Å². The molecule has 6 nitrogen and oxygen atoms in total. The standard InChI is InChI=1S/C21H29IO6S/c1-12(2)15-11-29(26,27)19(10-23)20(15)17(24)6-5-13(3)7-14-8-16(22)21(25)18(9-14)28-4/h7-9,12,17,19,23-25H,5-6,10-11H2,1-4H3/b13-7+/t17-,19+/m1/s1. The summed E-state index contributed by atoms with van der Waals surface area (Å²) < 4.78 is 30.6. The molecule has 2 atom stereocenters. The van der Waals surface area contributed by atoms with E-state index in [-0.39, 0.29) is 17.4 Å². The van der Waals surface area contributed by atoms with Gasteiger partial charge >= 0.3 is 0 Å². The SMILES string of the molecule is COc1cc(/C=C(\C)CC[C@@H](O)C2=C(C(C)C)CS(=O)(=O)[C@H]2CO)cc(I)c1O. The number of benzene rings is 1. The Morgan fingerprint density at radius 2 is 2.03 bits per heavy atom. The first-order valence-corrected chi connectivity index (χ1v) is 12.3. The van der Waals surface area contributed by atoms with Gasteiger partial charge in [0, 0.05) is 0 Å². The van der Waals surface area contributed by atoms with Crippen molar-refractivity contribution < 1.29 is 28.5 Å². The number of aromatic hydroxyl groups is 1. The number of allylic oxidation sites excluding steroid dienone is 1. The molecule has 0 amide bonds. The molecular weight excluding hydrogens is 507 g/mol. The summed E-state index contributed by atoms with van der Waals surface area (Å²) >= 11 is 2.04. The third-order valence-corrected chi connectivity index (χ3v) is 8.03. The van der Waals surface area contributed by atoms with Gasteiger partial charge in [0.05, 0.1) is 29.1 Å². The summed E-state index contributed by atoms with van der Waals surface area (Å²) in [6.07, 6.45) is 1.96. The lowest BCUT2D eigenvalue weighted by Gasteiger charge is -2.20. The van der Waals surface area contributed by atoms with Gasteiger partial charge in [0.1, 0.15) is 5.25 Å². The highest BCUT2D eigenvalue weighted by Gasteiger charge is 2.41. The minimum atomic E-state index is -3.47. The van der Waals surface area contributed by atoms with E-state index in [4.69, 9.17) is 4.74 Å². The fourth-order valence-electron chi connectivity index (χ4n) is 3.65. The van der Waals surface area contributed by atoms with E-state index in [1.54, 1.807) is 6.07 Å². The predicted molar refractivity (Wildman–Crippen MR) is 123 cm³/mol. The Kier molecular flexibility index (Phi) is 8.17. The van der Waals surface area contributed by atoms with Gasteiger partial charge in [-0.15, -0.1) is 0 Å². The van der Waals surface area contributed by atoms with Crippen molar-refractivity contribution in [1.82, 2.24) is 0 Å². The summed E-state index contributed by atoms with van der Waals surface area (Å²) in [5, 5.41) is 29.3. The van der Waals surface area contributed by atoms with Crippen LogP contribution >= 0.6 is 22.6 Å². The molecule has 0 spiro atoms. The molecule has 0 bridgehead atoms. The molecule has 0 saturated heterocycles. The van der Waals surface area contributed by atoms with Crippen LogP contribution in [0.3, 0.4) is 0 Å². The summed E-state index contributed by atoms with van der Waals surface area (Å²) in [5.74, 6) is 0.394. The van der Waals surface area contributed by atoms with Gasteiger partial charge in [0.25, 0.3) is 0 Å².